The van der Waals surface area contributed by atoms with Gasteiger partial charge in [0.1, 0.15) is 11.5 Å². The van der Waals surface area contributed by atoms with Crippen LogP contribution in [0.1, 0.15) is 24.0 Å². The molecule has 2 aromatic carbocycles. The van der Waals surface area contributed by atoms with Crippen LogP contribution < -0.4 is 14.8 Å². The smallest absolute Gasteiger partial charge is 0.223 e. The van der Waals surface area contributed by atoms with Crippen molar-refractivity contribution < 1.29 is 14.3 Å². The molecule has 0 spiro atoms. The maximum Gasteiger partial charge on any atom is 0.223 e. The summed E-state index contributed by atoms with van der Waals surface area (Å²) in [6.07, 6.45) is 1.78. The van der Waals surface area contributed by atoms with Gasteiger partial charge in [-0.2, -0.15) is 0 Å². The van der Waals surface area contributed by atoms with Gasteiger partial charge in [0.2, 0.25) is 5.91 Å². The third kappa shape index (κ3) is 5.23. The zero-order chi connectivity index (χ0) is 19.1. The first-order chi connectivity index (χ1) is 13.2. The van der Waals surface area contributed by atoms with Crippen LogP contribution in [0.5, 0.6) is 11.5 Å². The van der Waals surface area contributed by atoms with E-state index in [1.165, 1.54) is 5.56 Å². The van der Waals surface area contributed by atoms with Crippen molar-refractivity contribution in [1.29, 1.82) is 0 Å². The van der Waals surface area contributed by atoms with Crippen LogP contribution in [0.4, 0.5) is 0 Å². The largest absolute Gasteiger partial charge is 0.497 e. The lowest BCUT2D eigenvalue weighted by atomic mass is 9.95. The van der Waals surface area contributed by atoms with Gasteiger partial charge >= 0.3 is 0 Å². The van der Waals surface area contributed by atoms with Gasteiger partial charge < -0.3 is 14.8 Å². The molecule has 5 nitrogen and oxygen atoms in total. The molecular formula is C22H28N2O3. The van der Waals surface area contributed by atoms with E-state index in [1.54, 1.807) is 14.2 Å². The number of likely N-dealkylation sites (tertiary alicyclic amines) is 1. The molecule has 1 amide bonds. The van der Waals surface area contributed by atoms with Crippen molar-refractivity contribution in [3.05, 3.63) is 59.7 Å². The minimum Gasteiger partial charge on any atom is -0.497 e. The molecule has 2 aromatic rings. The maximum atomic E-state index is 12.5. The van der Waals surface area contributed by atoms with Gasteiger partial charge in [0.05, 0.1) is 14.2 Å². The quantitative estimate of drug-likeness (QED) is 0.815. The summed E-state index contributed by atoms with van der Waals surface area (Å²) in [5.74, 6) is 2.00. The van der Waals surface area contributed by atoms with E-state index in [2.05, 4.69) is 16.3 Å². The summed E-state index contributed by atoms with van der Waals surface area (Å²) in [7, 11) is 3.36. The van der Waals surface area contributed by atoms with Crippen LogP contribution in [-0.4, -0.2) is 38.1 Å². The molecule has 1 N–H and O–H groups in total. The van der Waals surface area contributed by atoms with Crippen LogP contribution in [0.3, 0.4) is 0 Å². The molecule has 1 heterocycles. The van der Waals surface area contributed by atoms with E-state index in [0.29, 0.717) is 6.54 Å². The van der Waals surface area contributed by atoms with Crippen molar-refractivity contribution in [3.63, 3.8) is 0 Å². The Morgan fingerprint density at radius 1 is 1.04 bits per heavy atom. The summed E-state index contributed by atoms with van der Waals surface area (Å²) in [6, 6.07) is 15.9. The third-order valence-electron chi connectivity index (χ3n) is 5.17. The van der Waals surface area contributed by atoms with Gasteiger partial charge in [-0.3, -0.25) is 9.69 Å². The highest BCUT2D eigenvalue weighted by atomic mass is 16.5. The van der Waals surface area contributed by atoms with E-state index < -0.39 is 0 Å². The Morgan fingerprint density at radius 2 is 1.74 bits per heavy atom. The molecule has 27 heavy (non-hydrogen) atoms. The minimum absolute atomic E-state index is 0.0946. The van der Waals surface area contributed by atoms with E-state index in [0.717, 1.165) is 49.5 Å². The first kappa shape index (κ1) is 19.2. The molecule has 0 aliphatic carbocycles. The van der Waals surface area contributed by atoms with E-state index in [1.807, 2.05) is 42.5 Å². The molecule has 1 aliphatic heterocycles. The second kappa shape index (κ2) is 9.42. The number of benzene rings is 2. The summed E-state index contributed by atoms with van der Waals surface area (Å²) in [5.41, 5.74) is 2.28. The highest BCUT2D eigenvalue weighted by Gasteiger charge is 2.25. The number of carbonyl (C=O) groups is 1. The predicted molar refractivity (Wildman–Crippen MR) is 106 cm³/mol. The summed E-state index contributed by atoms with van der Waals surface area (Å²) in [4.78, 5) is 14.9. The number of amides is 1. The zero-order valence-corrected chi connectivity index (χ0v) is 16.1. The van der Waals surface area contributed by atoms with E-state index in [-0.39, 0.29) is 11.8 Å². The lowest BCUT2D eigenvalue weighted by molar-refractivity contribution is -0.126. The fourth-order valence-electron chi connectivity index (χ4n) is 3.50. The zero-order valence-electron chi connectivity index (χ0n) is 16.1. The lowest BCUT2D eigenvalue weighted by Crippen LogP contribution is -2.40. The molecule has 0 radical (unpaired) electrons. The number of nitrogens with zero attached hydrogens (tertiary/aromatic N) is 1. The Morgan fingerprint density at radius 3 is 2.41 bits per heavy atom. The molecular weight excluding hydrogens is 340 g/mol. The fourth-order valence-corrected chi connectivity index (χ4v) is 3.50. The molecule has 0 atom stereocenters. The summed E-state index contributed by atoms with van der Waals surface area (Å²) in [5, 5.41) is 3.07. The van der Waals surface area contributed by atoms with Gasteiger partial charge in [-0.05, 0) is 49.7 Å². The molecule has 0 bridgehead atoms. The monoisotopic (exact) mass is 368 g/mol. The van der Waals surface area contributed by atoms with Gasteiger partial charge in [-0.25, -0.2) is 0 Å². The highest BCUT2D eigenvalue weighted by Crippen LogP contribution is 2.23. The van der Waals surface area contributed by atoms with Crippen molar-refractivity contribution in [2.45, 2.75) is 25.9 Å². The Kier molecular flexibility index (Phi) is 6.71. The van der Waals surface area contributed by atoms with Crippen molar-refractivity contribution in [2.75, 3.05) is 27.3 Å². The fraction of sp³-hybridized carbons (Fsp3) is 0.409. The average molecular weight is 368 g/mol. The molecule has 0 unspecified atom stereocenters. The first-order valence-corrected chi connectivity index (χ1v) is 9.44. The lowest BCUT2D eigenvalue weighted by Gasteiger charge is -2.31. The molecule has 1 saturated heterocycles. The molecule has 3 rings (SSSR count). The molecule has 5 heteroatoms. The highest BCUT2D eigenvalue weighted by molar-refractivity contribution is 5.78. The van der Waals surface area contributed by atoms with Crippen LogP contribution in [0.15, 0.2) is 48.5 Å². The summed E-state index contributed by atoms with van der Waals surface area (Å²) >= 11 is 0. The molecule has 0 saturated carbocycles. The Bertz CT molecular complexity index is 737. The Hall–Kier alpha value is -2.53. The van der Waals surface area contributed by atoms with Crippen molar-refractivity contribution in [2.24, 2.45) is 5.92 Å². The minimum atomic E-state index is 0.0946. The second-order valence-corrected chi connectivity index (χ2v) is 6.93. The predicted octanol–water partition coefficient (Wildman–Crippen LogP) is 3.23. The van der Waals surface area contributed by atoms with Crippen LogP contribution in [0.25, 0.3) is 0 Å². The van der Waals surface area contributed by atoms with Crippen LogP contribution >= 0.6 is 0 Å². The standard InChI is InChI=1S/C22H28N2O3/c1-26-20-9-7-17(8-10-20)15-23-22(25)18-11-13-24(14-12-18)16-19-5-3-4-6-21(19)27-2/h3-10,18H,11-16H2,1-2H3,(H,23,25). The number of hydrogen-bond donors (Lipinski definition) is 1. The Balaban J connectivity index is 1.44. The van der Waals surface area contributed by atoms with E-state index >= 15 is 0 Å². The SMILES string of the molecule is COc1ccc(CNC(=O)C2CCN(Cc3ccccc3OC)CC2)cc1. The van der Waals surface area contributed by atoms with Crippen LogP contribution in [-0.2, 0) is 17.9 Å². The van der Waals surface area contributed by atoms with Crippen LogP contribution in [0.2, 0.25) is 0 Å². The van der Waals surface area contributed by atoms with Gasteiger partial charge in [0.15, 0.2) is 0 Å². The average Bonchev–Trinajstić information content (AvgIpc) is 2.73. The maximum absolute atomic E-state index is 12.5. The number of piperidine rings is 1. The number of ether oxygens (including phenoxy) is 2. The van der Waals surface area contributed by atoms with Gasteiger partial charge in [-0.15, -0.1) is 0 Å². The molecule has 1 fully saturated rings. The second-order valence-electron chi connectivity index (χ2n) is 6.93. The van der Waals surface area contributed by atoms with Gasteiger partial charge in [0, 0.05) is 24.6 Å². The number of nitrogens with one attached hydrogen (secondary N) is 1. The number of rotatable bonds is 7. The number of methoxy groups -OCH3 is 2. The van der Waals surface area contributed by atoms with Crippen molar-refractivity contribution >= 4 is 5.91 Å². The normalized spacial score (nSPS) is 15.3. The number of carbonyl (C=O) groups excluding carboxylic acids is 1. The molecule has 144 valence electrons. The summed E-state index contributed by atoms with van der Waals surface area (Å²) < 4.78 is 10.6. The van der Waals surface area contributed by atoms with E-state index in [4.69, 9.17) is 9.47 Å². The topological polar surface area (TPSA) is 50.8 Å². The number of hydrogen-bond acceptors (Lipinski definition) is 4. The molecule has 1 aliphatic rings. The van der Waals surface area contributed by atoms with Crippen molar-refractivity contribution in [3.8, 4) is 11.5 Å². The number of para-hydroxylation sites is 1. The van der Waals surface area contributed by atoms with E-state index in [9.17, 15) is 4.79 Å². The molecule has 0 aromatic heterocycles. The summed E-state index contributed by atoms with van der Waals surface area (Å²) in [6.45, 7) is 3.28. The van der Waals surface area contributed by atoms with Gasteiger partial charge in [0.25, 0.3) is 0 Å². The van der Waals surface area contributed by atoms with Crippen molar-refractivity contribution in [1.82, 2.24) is 10.2 Å². The van der Waals surface area contributed by atoms with Gasteiger partial charge in [-0.1, -0.05) is 30.3 Å². The van der Waals surface area contributed by atoms with Crippen LogP contribution in [0, 0.1) is 5.92 Å². The Labute approximate surface area is 161 Å². The third-order valence-corrected chi connectivity index (χ3v) is 5.17. The first-order valence-electron chi connectivity index (χ1n) is 9.44.